The van der Waals surface area contributed by atoms with Crippen LogP contribution in [0.5, 0.6) is 0 Å². The lowest BCUT2D eigenvalue weighted by Gasteiger charge is -2.27. The molecule has 14 heavy (non-hydrogen) atoms. The Morgan fingerprint density at radius 2 is 2.07 bits per heavy atom. The molecular formula is C11H15NOS. The van der Waals surface area contributed by atoms with Crippen LogP contribution in [0.3, 0.4) is 0 Å². The van der Waals surface area contributed by atoms with Crippen LogP contribution in [0.4, 0.5) is 0 Å². The zero-order chi connectivity index (χ0) is 9.80. The lowest BCUT2D eigenvalue weighted by Crippen LogP contribution is -2.40. The molecule has 2 nitrogen and oxygen atoms in total. The maximum absolute atomic E-state index is 6.03. The Morgan fingerprint density at radius 1 is 1.29 bits per heavy atom. The molecule has 1 aliphatic heterocycles. The monoisotopic (exact) mass is 209 g/mol. The Morgan fingerprint density at radius 3 is 2.79 bits per heavy atom. The molecule has 1 saturated heterocycles. The van der Waals surface area contributed by atoms with Crippen LogP contribution in [0.25, 0.3) is 0 Å². The van der Waals surface area contributed by atoms with E-state index >= 15 is 0 Å². The smallest absolute Gasteiger partial charge is 0.0603 e. The fourth-order valence-corrected chi connectivity index (χ4v) is 2.66. The normalized spacial score (nSPS) is 27.5. The minimum absolute atomic E-state index is 0.272. The van der Waals surface area contributed by atoms with E-state index in [9.17, 15) is 0 Å². The topological polar surface area (TPSA) is 35.2 Å². The molecule has 2 atom stereocenters. The van der Waals surface area contributed by atoms with Gasteiger partial charge in [-0.15, -0.1) is 11.8 Å². The predicted molar refractivity (Wildman–Crippen MR) is 59.5 cm³/mol. The van der Waals surface area contributed by atoms with E-state index in [1.807, 2.05) is 17.8 Å². The molecule has 0 amide bonds. The average molecular weight is 209 g/mol. The highest BCUT2D eigenvalue weighted by molar-refractivity contribution is 8.00. The first-order valence-corrected chi connectivity index (χ1v) is 5.79. The second-order valence-electron chi connectivity index (χ2n) is 3.50. The molecule has 0 aromatic heterocycles. The van der Waals surface area contributed by atoms with Crippen LogP contribution >= 0.6 is 11.8 Å². The van der Waals surface area contributed by atoms with Crippen molar-refractivity contribution in [2.45, 2.75) is 22.6 Å². The van der Waals surface area contributed by atoms with E-state index in [1.165, 1.54) is 4.90 Å². The summed E-state index contributed by atoms with van der Waals surface area (Å²) in [5.41, 5.74) is 6.03. The summed E-state index contributed by atoms with van der Waals surface area (Å²) in [5, 5.41) is 0.408. The molecule has 1 aromatic carbocycles. The molecule has 3 heteroatoms. The molecule has 0 aliphatic carbocycles. The number of hydrogen-bond acceptors (Lipinski definition) is 3. The molecule has 76 valence electrons. The number of rotatable bonds is 2. The maximum atomic E-state index is 6.03. The number of hydrogen-bond donors (Lipinski definition) is 1. The molecule has 1 fully saturated rings. The van der Waals surface area contributed by atoms with Gasteiger partial charge in [0.25, 0.3) is 0 Å². The van der Waals surface area contributed by atoms with E-state index in [0.717, 1.165) is 19.6 Å². The zero-order valence-electron chi connectivity index (χ0n) is 8.06. The number of nitrogens with two attached hydrogens (primary N) is 1. The van der Waals surface area contributed by atoms with Crippen molar-refractivity contribution < 1.29 is 4.74 Å². The van der Waals surface area contributed by atoms with Gasteiger partial charge < -0.3 is 10.5 Å². The summed E-state index contributed by atoms with van der Waals surface area (Å²) < 4.78 is 5.42. The quantitative estimate of drug-likeness (QED) is 0.808. The fraction of sp³-hybridized carbons (Fsp3) is 0.455. The molecule has 1 aromatic rings. The fourth-order valence-electron chi connectivity index (χ4n) is 1.52. The molecule has 2 unspecified atom stereocenters. The van der Waals surface area contributed by atoms with Gasteiger partial charge in [0.15, 0.2) is 0 Å². The molecule has 0 bridgehead atoms. The van der Waals surface area contributed by atoms with Crippen LogP contribution < -0.4 is 5.73 Å². The lowest BCUT2D eigenvalue weighted by atomic mass is 10.1. The van der Waals surface area contributed by atoms with E-state index in [-0.39, 0.29) is 6.04 Å². The first-order chi connectivity index (χ1) is 6.86. The minimum Gasteiger partial charge on any atom is -0.380 e. The summed E-state index contributed by atoms with van der Waals surface area (Å²) in [6.07, 6.45) is 0.977. The highest BCUT2D eigenvalue weighted by Gasteiger charge is 2.22. The van der Waals surface area contributed by atoms with E-state index in [2.05, 4.69) is 24.3 Å². The Balaban J connectivity index is 1.96. The van der Waals surface area contributed by atoms with E-state index in [0.29, 0.717) is 5.25 Å². The van der Waals surface area contributed by atoms with Gasteiger partial charge in [0, 0.05) is 22.8 Å². The molecular weight excluding hydrogens is 194 g/mol. The molecule has 2 rings (SSSR count). The van der Waals surface area contributed by atoms with Gasteiger partial charge in [0.1, 0.15) is 0 Å². The molecule has 0 spiro atoms. The molecule has 1 aliphatic rings. The van der Waals surface area contributed by atoms with Gasteiger partial charge in [-0.3, -0.25) is 0 Å². The van der Waals surface area contributed by atoms with Gasteiger partial charge in [0.2, 0.25) is 0 Å². The highest BCUT2D eigenvalue weighted by Crippen LogP contribution is 2.27. The highest BCUT2D eigenvalue weighted by atomic mass is 32.2. The molecule has 1 heterocycles. The SMILES string of the molecule is NC1CCOCC1Sc1ccccc1. The van der Waals surface area contributed by atoms with Gasteiger partial charge in [-0.25, -0.2) is 0 Å². The van der Waals surface area contributed by atoms with Crippen LogP contribution in [0.1, 0.15) is 6.42 Å². The van der Waals surface area contributed by atoms with Crippen molar-refractivity contribution in [2.24, 2.45) is 5.73 Å². The Hall–Kier alpha value is -0.510. The van der Waals surface area contributed by atoms with Gasteiger partial charge in [-0.05, 0) is 18.6 Å². The lowest BCUT2D eigenvalue weighted by molar-refractivity contribution is 0.0916. The molecule has 2 N–H and O–H groups in total. The third kappa shape index (κ3) is 2.50. The van der Waals surface area contributed by atoms with E-state index < -0.39 is 0 Å². The van der Waals surface area contributed by atoms with Crippen LogP contribution in [-0.2, 0) is 4.74 Å². The van der Waals surface area contributed by atoms with Crippen LogP contribution in [0.15, 0.2) is 35.2 Å². The number of benzene rings is 1. The van der Waals surface area contributed by atoms with Crippen molar-refractivity contribution in [3.05, 3.63) is 30.3 Å². The summed E-state index contributed by atoms with van der Waals surface area (Å²) in [5.74, 6) is 0. The van der Waals surface area contributed by atoms with Crippen LogP contribution in [-0.4, -0.2) is 24.5 Å². The van der Waals surface area contributed by atoms with Crippen molar-refractivity contribution in [2.75, 3.05) is 13.2 Å². The summed E-state index contributed by atoms with van der Waals surface area (Å²) in [7, 11) is 0. The Kier molecular flexibility index (Phi) is 3.45. The number of thioether (sulfide) groups is 1. The van der Waals surface area contributed by atoms with Gasteiger partial charge in [-0.1, -0.05) is 18.2 Å². The van der Waals surface area contributed by atoms with Crippen LogP contribution in [0, 0.1) is 0 Å². The van der Waals surface area contributed by atoms with Crippen molar-refractivity contribution in [3.8, 4) is 0 Å². The summed E-state index contributed by atoms with van der Waals surface area (Å²) in [4.78, 5) is 1.28. The molecule has 0 saturated carbocycles. The predicted octanol–water partition coefficient (Wildman–Crippen LogP) is 1.89. The second-order valence-corrected chi connectivity index (χ2v) is 4.81. The summed E-state index contributed by atoms with van der Waals surface area (Å²) >= 11 is 1.82. The summed E-state index contributed by atoms with van der Waals surface area (Å²) in [6.45, 7) is 1.59. The van der Waals surface area contributed by atoms with E-state index in [4.69, 9.17) is 10.5 Å². The number of ether oxygens (including phenoxy) is 1. The largest absolute Gasteiger partial charge is 0.380 e. The van der Waals surface area contributed by atoms with Crippen molar-refractivity contribution in [3.63, 3.8) is 0 Å². The third-order valence-electron chi connectivity index (χ3n) is 2.39. The third-order valence-corrected chi connectivity index (χ3v) is 3.72. The van der Waals surface area contributed by atoms with Crippen molar-refractivity contribution in [1.29, 1.82) is 0 Å². The Labute approximate surface area is 88.8 Å². The van der Waals surface area contributed by atoms with Gasteiger partial charge in [-0.2, -0.15) is 0 Å². The maximum Gasteiger partial charge on any atom is 0.0603 e. The summed E-state index contributed by atoms with van der Waals surface area (Å²) in [6, 6.07) is 10.6. The van der Waals surface area contributed by atoms with Crippen LogP contribution in [0.2, 0.25) is 0 Å². The van der Waals surface area contributed by atoms with Crippen molar-refractivity contribution >= 4 is 11.8 Å². The minimum atomic E-state index is 0.272. The standard InChI is InChI=1S/C11H15NOS/c12-10-6-7-13-8-11(10)14-9-4-2-1-3-5-9/h1-5,10-11H,6-8,12H2. The van der Waals surface area contributed by atoms with E-state index in [1.54, 1.807) is 0 Å². The zero-order valence-corrected chi connectivity index (χ0v) is 8.87. The van der Waals surface area contributed by atoms with Crippen molar-refractivity contribution in [1.82, 2.24) is 0 Å². The average Bonchev–Trinajstić information content (AvgIpc) is 2.23. The Bertz CT molecular complexity index is 278. The van der Waals surface area contributed by atoms with Gasteiger partial charge >= 0.3 is 0 Å². The first kappa shape index (κ1) is 10.0. The molecule has 0 radical (unpaired) electrons. The first-order valence-electron chi connectivity index (χ1n) is 4.91. The second kappa shape index (κ2) is 4.82. The van der Waals surface area contributed by atoms with Gasteiger partial charge in [0.05, 0.1) is 6.61 Å².